The Bertz CT molecular complexity index is 609. The zero-order valence-corrected chi connectivity index (χ0v) is 11.8. The van der Waals surface area contributed by atoms with Gasteiger partial charge < -0.3 is 15.4 Å². The molecule has 0 aliphatic rings. The van der Waals surface area contributed by atoms with Crippen LogP contribution in [-0.4, -0.2) is 37.4 Å². The molecule has 0 fully saturated rings. The summed E-state index contributed by atoms with van der Waals surface area (Å²) in [5.74, 6) is -0.812. The van der Waals surface area contributed by atoms with Crippen molar-refractivity contribution in [2.75, 3.05) is 6.54 Å². The number of carbonyl (C=O) groups excluding carboxylic acids is 1. The van der Waals surface area contributed by atoms with Crippen molar-refractivity contribution in [1.29, 1.82) is 0 Å². The van der Waals surface area contributed by atoms with Gasteiger partial charge in [0.05, 0.1) is 0 Å². The maximum absolute atomic E-state index is 11.8. The van der Waals surface area contributed by atoms with Gasteiger partial charge in [-0.1, -0.05) is 5.10 Å². The van der Waals surface area contributed by atoms with E-state index in [1.807, 2.05) is 12.3 Å². The Kier molecular flexibility index (Phi) is 4.45. The van der Waals surface area contributed by atoms with Gasteiger partial charge in [0.1, 0.15) is 4.47 Å². The normalized spacial score (nSPS) is 10.4. The van der Waals surface area contributed by atoms with E-state index in [-0.39, 0.29) is 16.0 Å². The van der Waals surface area contributed by atoms with Gasteiger partial charge in [0.2, 0.25) is 0 Å². The molecule has 2 aromatic heterocycles. The molecule has 9 nitrogen and oxygen atoms in total. The third-order valence-electron chi connectivity index (χ3n) is 2.50. The molecule has 0 bridgehead atoms. The van der Waals surface area contributed by atoms with E-state index in [1.54, 1.807) is 10.9 Å². The monoisotopic (exact) mass is 342 g/mol. The minimum atomic E-state index is -0.647. The Balaban J connectivity index is 1.84. The molecule has 0 radical (unpaired) electrons. The number of halogens is 1. The molecule has 0 saturated carbocycles. The smallest absolute Gasteiger partial charge is 0.357 e. The first kappa shape index (κ1) is 14.2. The summed E-state index contributed by atoms with van der Waals surface area (Å²) in [6.07, 6.45) is 4.20. The molecule has 0 aliphatic heterocycles. The van der Waals surface area contributed by atoms with Crippen molar-refractivity contribution in [1.82, 2.24) is 25.3 Å². The highest BCUT2D eigenvalue weighted by Gasteiger charge is 2.24. The van der Waals surface area contributed by atoms with Crippen LogP contribution in [-0.2, 0) is 6.54 Å². The molecule has 20 heavy (non-hydrogen) atoms. The summed E-state index contributed by atoms with van der Waals surface area (Å²) >= 11 is 2.98. The second kappa shape index (κ2) is 6.28. The Hall–Kier alpha value is -2.23. The highest BCUT2D eigenvalue weighted by Crippen LogP contribution is 2.25. The first-order valence-electron chi connectivity index (χ1n) is 5.73. The average molecular weight is 343 g/mol. The molecule has 10 heteroatoms. The highest BCUT2D eigenvalue weighted by molar-refractivity contribution is 9.10. The molecular formula is C10H11BrN6O3. The van der Waals surface area contributed by atoms with Crippen LogP contribution in [0.3, 0.4) is 0 Å². The number of nitrogens with zero attached hydrogens (tertiary/aromatic N) is 4. The number of aromatic amines is 1. The van der Waals surface area contributed by atoms with Crippen LogP contribution in [0.4, 0.5) is 5.82 Å². The molecular weight excluding hydrogens is 332 g/mol. The van der Waals surface area contributed by atoms with E-state index in [0.717, 1.165) is 0 Å². The predicted octanol–water partition coefficient (Wildman–Crippen LogP) is 1.10. The zero-order chi connectivity index (χ0) is 14.5. The summed E-state index contributed by atoms with van der Waals surface area (Å²) in [7, 11) is 0. The second-order valence-electron chi connectivity index (χ2n) is 3.87. The molecule has 0 aliphatic carbocycles. The maximum atomic E-state index is 11.8. The van der Waals surface area contributed by atoms with Crippen molar-refractivity contribution in [3.8, 4) is 0 Å². The number of amides is 1. The largest absolute Gasteiger partial charge is 0.358 e. The van der Waals surface area contributed by atoms with Gasteiger partial charge >= 0.3 is 5.82 Å². The lowest BCUT2D eigenvalue weighted by Crippen LogP contribution is -2.26. The molecule has 0 unspecified atom stereocenters. The molecule has 106 valence electrons. The number of aromatic nitrogens is 4. The Morgan fingerprint density at radius 3 is 3.00 bits per heavy atom. The first-order valence-corrected chi connectivity index (χ1v) is 6.52. The van der Waals surface area contributed by atoms with Crippen LogP contribution >= 0.6 is 15.9 Å². The molecule has 0 aromatic carbocycles. The number of carbonyl (C=O) groups is 1. The fraction of sp³-hybridized carbons (Fsp3) is 0.300. The number of rotatable bonds is 6. The zero-order valence-electron chi connectivity index (χ0n) is 10.2. The third-order valence-corrected chi connectivity index (χ3v) is 3.25. The van der Waals surface area contributed by atoms with Crippen LogP contribution in [0, 0.1) is 10.1 Å². The van der Waals surface area contributed by atoms with Gasteiger partial charge in [0.15, 0.2) is 5.69 Å². The van der Waals surface area contributed by atoms with E-state index < -0.39 is 10.8 Å². The van der Waals surface area contributed by atoms with Crippen molar-refractivity contribution in [2.24, 2.45) is 0 Å². The van der Waals surface area contributed by atoms with Crippen LogP contribution in [0.2, 0.25) is 0 Å². The van der Waals surface area contributed by atoms with Gasteiger partial charge in [-0.05, 0) is 33.3 Å². The minimum absolute atomic E-state index is 0.0317. The summed E-state index contributed by atoms with van der Waals surface area (Å²) in [4.78, 5) is 21.8. The number of hydrogen-bond donors (Lipinski definition) is 2. The quantitative estimate of drug-likeness (QED) is 0.462. The van der Waals surface area contributed by atoms with Crippen molar-refractivity contribution in [3.63, 3.8) is 0 Å². The fourth-order valence-corrected chi connectivity index (χ4v) is 2.05. The van der Waals surface area contributed by atoms with Crippen molar-refractivity contribution in [3.05, 3.63) is 38.7 Å². The van der Waals surface area contributed by atoms with Crippen molar-refractivity contribution in [2.45, 2.75) is 13.0 Å². The third kappa shape index (κ3) is 3.20. The van der Waals surface area contributed by atoms with Gasteiger partial charge in [0.25, 0.3) is 5.91 Å². The second-order valence-corrected chi connectivity index (χ2v) is 4.66. The van der Waals surface area contributed by atoms with E-state index in [4.69, 9.17) is 0 Å². The van der Waals surface area contributed by atoms with Gasteiger partial charge in [-0.3, -0.25) is 9.48 Å². The van der Waals surface area contributed by atoms with Crippen LogP contribution in [0.1, 0.15) is 16.9 Å². The summed E-state index contributed by atoms with van der Waals surface area (Å²) in [6.45, 7) is 1.10. The maximum Gasteiger partial charge on any atom is 0.357 e. The Morgan fingerprint density at radius 2 is 2.40 bits per heavy atom. The standard InChI is InChI=1S/C10H11BrN6O3/c11-7-8(14-15-9(7)17(19)20)10(18)12-3-1-5-16-6-2-4-13-16/h2,4,6H,1,3,5H2,(H,12,18)(H,14,15). The summed E-state index contributed by atoms with van der Waals surface area (Å²) in [6, 6.07) is 1.82. The lowest BCUT2D eigenvalue weighted by atomic mass is 10.3. The van der Waals surface area contributed by atoms with E-state index in [1.165, 1.54) is 0 Å². The van der Waals surface area contributed by atoms with E-state index in [2.05, 4.69) is 36.5 Å². The number of aryl methyl sites for hydroxylation is 1. The SMILES string of the molecule is O=C(NCCCn1cccn1)c1n[nH]c([N+](=O)[O-])c1Br. The number of nitro groups is 1. The van der Waals surface area contributed by atoms with E-state index in [0.29, 0.717) is 19.5 Å². The highest BCUT2D eigenvalue weighted by atomic mass is 79.9. The minimum Gasteiger partial charge on any atom is -0.358 e. The number of nitrogens with one attached hydrogen (secondary N) is 2. The lowest BCUT2D eigenvalue weighted by molar-refractivity contribution is -0.390. The summed E-state index contributed by atoms with van der Waals surface area (Å²) in [5, 5.41) is 23.1. The molecule has 2 heterocycles. The van der Waals surface area contributed by atoms with Gasteiger partial charge in [0, 0.05) is 25.5 Å². The van der Waals surface area contributed by atoms with Gasteiger partial charge in [-0.15, -0.1) is 5.10 Å². The first-order chi connectivity index (χ1) is 9.59. The Morgan fingerprint density at radius 1 is 1.60 bits per heavy atom. The van der Waals surface area contributed by atoms with Gasteiger partial charge in [-0.2, -0.15) is 5.10 Å². The van der Waals surface area contributed by atoms with Crippen LogP contribution < -0.4 is 5.32 Å². The summed E-state index contributed by atoms with van der Waals surface area (Å²) in [5.41, 5.74) is -0.0317. The molecule has 0 atom stereocenters. The fourth-order valence-electron chi connectivity index (χ4n) is 1.55. The van der Waals surface area contributed by atoms with Crippen LogP contribution in [0.5, 0.6) is 0 Å². The number of H-pyrrole nitrogens is 1. The average Bonchev–Trinajstić information content (AvgIpc) is 3.03. The van der Waals surface area contributed by atoms with Gasteiger partial charge in [-0.25, -0.2) is 0 Å². The lowest BCUT2D eigenvalue weighted by Gasteiger charge is -2.03. The van der Waals surface area contributed by atoms with E-state index in [9.17, 15) is 14.9 Å². The number of hydrogen-bond acceptors (Lipinski definition) is 5. The molecule has 2 rings (SSSR count). The summed E-state index contributed by atoms with van der Waals surface area (Å²) < 4.78 is 1.80. The molecule has 0 spiro atoms. The van der Waals surface area contributed by atoms with Crippen LogP contribution in [0.25, 0.3) is 0 Å². The van der Waals surface area contributed by atoms with Crippen molar-refractivity contribution < 1.29 is 9.72 Å². The predicted molar refractivity (Wildman–Crippen MR) is 72.1 cm³/mol. The topological polar surface area (TPSA) is 119 Å². The molecule has 2 aromatic rings. The van der Waals surface area contributed by atoms with Crippen LogP contribution in [0.15, 0.2) is 22.9 Å². The van der Waals surface area contributed by atoms with E-state index >= 15 is 0 Å². The Labute approximate surface area is 121 Å². The van der Waals surface area contributed by atoms with Crippen molar-refractivity contribution >= 4 is 27.7 Å². The molecule has 2 N–H and O–H groups in total. The molecule has 0 saturated heterocycles. The molecule has 1 amide bonds.